The Hall–Kier alpha value is -4.47. The standard InChI is InChI=1S/C23H20N6O4/c1-14(15-8-5-4-6-9-15)28-18(16-10-7-11-17(12-16)29(32)33)13-27-19-20(24-22(27)28)25(2)23(31)26(3)21(19)30/h4-14H,1-3H3. The summed E-state index contributed by atoms with van der Waals surface area (Å²) in [5, 5.41) is 11.4. The summed E-state index contributed by atoms with van der Waals surface area (Å²) in [7, 11) is 3.00. The molecule has 10 heteroatoms. The van der Waals surface area contributed by atoms with Gasteiger partial charge >= 0.3 is 5.69 Å². The van der Waals surface area contributed by atoms with E-state index in [0.717, 1.165) is 10.1 Å². The van der Waals surface area contributed by atoms with E-state index in [2.05, 4.69) is 4.98 Å². The third-order valence-corrected chi connectivity index (χ3v) is 6.02. The number of aromatic nitrogens is 5. The highest BCUT2D eigenvalue weighted by Crippen LogP contribution is 2.32. The summed E-state index contributed by atoms with van der Waals surface area (Å²) in [5.74, 6) is 0.459. The zero-order valence-electron chi connectivity index (χ0n) is 18.2. The van der Waals surface area contributed by atoms with Crippen LogP contribution in [0, 0.1) is 10.1 Å². The summed E-state index contributed by atoms with van der Waals surface area (Å²) in [5.41, 5.74) is 1.86. The lowest BCUT2D eigenvalue weighted by molar-refractivity contribution is -0.384. The minimum absolute atomic E-state index is 0.0339. The van der Waals surface area contributed by atoms with Gasteiger partial charge in [-0.3, -0.25) is 28.4 Å². The summed E-state index contributed by atoms with van der Waals surface area (Å²) in [4.78, 5) is 41.1. The van der Waals surface area contributed by atoms with E-state index in [1.165, 1.54) is 23.7 Å². The van der Waals surface area contributed by atoms with Gasteiger partial charge in [-0.05, 0) is 12.5 Å². The third kappa shape index (κ3) is 2.99. The average Bonchev–Trinajstić information content (AvgIpc) is 3.38. The van der Waals surface area contributed by atoms with Gasteiger partial charge in [0.1, 0.15) is 0 Å². The number of nitro groups is 1. The minimum Gasteiger partial charge on any atom is -0.302 e. The van der Waals surface area contributed by atoms with Crippen molar-refractivity contribution >= 4 is 22.6 Å². The van der Waals surface area contributed by atoms with Crippen LogP contribution in [-0.4, -0.2) is 28.0 Å². The van der Waals surface area contributed by atoms with Crippen molar-refractivity contribution in [1.29, 1.82) is 0 Å². The highest BCUT2D eigenvalue weighted by molar-refractivity contribution is 5.78. The van der Waals surface area contributed by atoms with Gasteiger partial charge < -0.3 is 4.57 Å². The lowest BCUT2D eigenvalue weighted by Gasteiger charge is -2.17. The lowest BCUT2D eigenvalue weighted by atomic mass is 10.1. The molecule has 5 rings (SSSR count). The van der Waals surface area contributed by atoms with Gasteiger partial charge in [-0.15, -0.1) is 0 Å². The molecule has 0 spiro atoms. The molecule has 0 aliphatic carbocycles. The molecule has 33 heavy (non-hydrogen) atoms. The van der Waals surface area contributed by atoms with E-state index in [0.29, 0.717) is 17.0 Å². The Bertz CT molecular complexity index is 1670. The molecule has 0 aliphatic heterocycles. The molecule has 0 fully saturated rings. The first-order chi connectivity index (χ1) is 15.8. The van der Waals surface area contributed by atoms with Crippen LogP contribution in [0.1, 0.15) is 18.5 Å². The van der Waals surface area contributed by atoms with Gasteiger partial charge in [0.15, 0.2) is 11.2 Å². The summed E-state index contributed by atoms with van der Waals surface area (Å²) < 4.78 is 5.97. The number of rotatable bonds is 4. The number of imidazole rings is 2. The van der Waals surface area contributed by atoms with E-state index in [4.69, 9.17) is 0 Å². The molecule has 0 amide bonds. The van der Waals surface area contributed by atoms with Crippen LogP contribution in [0.25, 0.3) is 28.2 Å². The fourth-order valence-electron chi connectivity index (χ4n) is 4.24. The van der Waals surface area contributed by atoms with E-state index >= 15 is 0 Å². The largest absolute Gasteiger partial charge is 0.332 e. The molecule has 0 bridgehead atoms. The topological polar surface area (TPSA) is 109 Å². The molecular weight excluding hydrogens is 424 g/mol. The average molecular weight is 444 g/mol. The zero-order chi connectivity index (χ0) is 23.4. The Morgan fingerprint density at radius 3 is 2.42 bits per heavy atom. The van der Waals surface area contributed by atoms with E-state index < -0.39 is 16.2 Å². The van der Waals surface area contributed by atoms with Crippen molar-refractivity contribution in [2.45, 2.75) is 13.0 Å². The summed E-state index contributed by atoms with van der Waals surface area (Å²) in [6.07, 6.45) is 1.75. The van der Waals surface area contributed by atoms with Crippen LogP contribution in [0.2, 0.25) is 0 Å². The van der Waals surface area contributed by atoms with Crippen LogP contribution in [0.5, 0.6) is 0 Å². The molecule has 10 nitrogen and oxygen atoms in total. The van der Waals surface area contributed by atoms with Gasteiger partial charge in [0, 0.05) is 38.0 Å². The third-order valence-electron chi connectivity index (χ3n) is 6.02. The van der Waals surface area contributed by atoms with Crippen LogP contribution < -0.4 is 11.2 Å². The molecule has 0 N–H and O–H groups in total. The molecule has 0 radical (unpaired) electrons. The maximum atomic E-state index is 13.0. The quantitative estimate of drug-likeness (QED) is 0.313. The smallest absolute Gasteiger partial charge is 0.302 e. The van der Waals surface area contributed by atoms with Crippen molar-refractivity contribution < 1.29 is 4.92 Å². The van der Waals surface area contributed by atoms with Gasteiger partial charge in [0.2, 0.25) is 5.78 Å². The lowest BCUT2D eigenvalue weighted by Crippen LogP contribution is -2.37. The fourth-order valence-corrected chi connectivity index (χ4v) is 4.24. The van der Waals surface area contributed by atoms with Crippen LogP contribution in [0.15, 0.2) is 70.4 Å². The van der Waals surface area contributed by atoms with Crippen molar-refractivity contribution in [3.05, 3.63) is 97.3 Å². The van der Waals surface area contributed by atoms with Crippen LogP contribution in [0.4, 0.5) is 5.69 Å². The summed E-state index contributed by atoms with van der Waals surface area (Å²) >= 11 is 0. The number of hydrogen-bond acceptors (Lipinski definition) is 5. The predicted octanol–water partition coefficient (Wildman–Crippen LogP) is 2.87. The molecule has 0 aliphatic rings. The van der Waals surface area contributed by atoms with Gasteiger partial charge in [-0.25, -0.2) is 4.79 Å². The second-order valence-electron chi connectivity index (χ2n) is 7.94. The minimum atomic E-state index is -0.463. The number of benzene rings is 2. The maximum Gasteiger partial charge on any atom is 0.332 e. The van der Waals surface area contributed by atoms with E-state index in [9.17, 15) is 19.7 Å². The zero-order valence-corrected chi connectivity index (χ0v) is 18.2. The molecule has 3 aromatic heterocycles. The Kier molecular flexibility index (Phi) is 4.52. The second-order valence-corrected chi connectivity index (χ2v) is 7.94. The van der Waals surface area contributed by atoms with Crippen molar-refractivity contribution in [2.75, 3.05) is 0 Å². The van der Waals surface area contributed by atoms with Gasteiger partial charge in [-0.2, -0.15) is 4.98 Å². The molecule has 0 saturated heterocycles. The number of nitrogens with zero attached hydrogens (tertiary/aromatic N) is 6. The van der Waals surface area contributed by atoms with Crippen LogP contribution >= 0.6 is 0 Å². The second kappa shape index (κ2) is 7.30. The highest BCUT2D eigenvalue weighted by atomic mass is 16.6. The molecule has 166 valence electrons. The molecule has 1 unspecified atom stereocenters. The number of nitro benzene ring substituents is 1. The van der Waals surface area contributed by atoms with E-state index in [-0.39, 0.29) is 22.9 Å². The first-order valence-electron chi connectivity index (χ1n) is 10.3. The number of aryl methyl sites for hydroxylation is 1. The fraction of sp³-hybridized carbons (Fsp3) is 0.174. The van der Waals surface area contributed by atoms with Crippen LogP contribution in [-0.2, 0) is 14.1 Å². The van der Waals surface area contributed by atoms with E-state index in [1.54, 1.807) is 29.8 Å². The van der Waals surface area contributed by atoms with Crippen LogP contribution in [0.3, 0.4) is 0 Å². The van der Waals surface area contributed by atoms with Crippen molar-refractivity contribution in [1.82, 2.24) is 23.1 Å². The molecule has 5 aromatic rings. The number of hydrogen-bond donors (Lipinski definition) is 0. The molecular formula is C23H20N6O4. The maximum absolute atomic E-state index is 13.0. The van der Waals surface area contributed by atoms with Gasteiger partial charge in [0.25, 0.3) is 11.2 Å². The Morgan fingerprint density at radius 2 is 1.73 bits per heavy atom. The predicted molar refractivity (Wildman–Crippen MR) is 124 cm³/mol. The molecule has 1 atom stereocenters. The number of non-ortho nitro benzene ring substituents is 1. The first kappa shape index (κ1) is 20.4. The molecule has 0 saturated carbocycles. The van der Waals surface area contributed by atoms with Gasteiger partial charge in [-0.1, -0.05) is 42.5 Å². The first-order valence-corrected chi connectivity index (χ1v) is 10.3. The SMILES string of the molecule is CC(c1ccccc1)n1c(-c2cccc([N+](=O)[O-])c2)cn2c3c(=O)n(C)c(=O)n(C)c3nc12. The normalized spacial score (nSPS) is 12.5. The Balaban J connectivity index is 1.91. The number of fused-ring (bicyclic) bond motifs is 3. The van der Waals surface area contributed by atoms with Gasteiger partial charge in [0.05, 0.1) is 16.7 Å². The van der Waals surface area contributed by atoms with E-state index in [1.807, 2.05) is 41.8 Å². The monoisotopic (exact) mass is 444 g/mol. The highest BCUT2D eigenvalue weighted by Gasteiger charge is 2.24. The molecule has 2 aromatic carbocycles. The molecule has 3 heterocycles. The Morgan fingerprint density at radius 1 is 1.00 bits per heavy atom. The van der Waals surface area contributed by atoms with Crippen molar-refractivity contribution in [2.24, 2.45) is 14.1 Å². The van der Waals surface area contributed by atoms with Crippen molar-refractivity contribution in [3.8, 4) is 11.3 Å². The summed E-state index contributed by atoms with van der Waals surface area (Å²) in [6, 6.07) is 15.9. The van der Waals surface area contributed by atoms with Crippen molar-refractivity contribution in [3.63, 3.8) is 0 Å². The Labute approximate surface area is 186 Å². The summed E-state index contributed by atoms with van der Waals surface area (Å²) in [6.45, 7) is 1.99.